The summed E-state index contributed by atoms with van der Waals surface area (Å²) in [6.45, 7) is -0.850. The van der Waals surface area contributed by atoms with Crippen molar-refractivity contribution in [2.75, 3.05) is 13.2 Å². The van der Waals surface area contributed by atoms with E-state index in [4.69, 9.17) is 0 Å². The van der Waals surface area contributed by atoms with Crippen LogP contribution in [0.3, 0.4) is 0 Å². The van der Waals surface area contributed by atoms with E-state index in [0.717, 1.165) is 0 Å². The van der Waals surface area contributed by atoms with Crippen LogP contribution in [0.1, 0.15) is 10.5 Å². The number of carbonyl (C=O) groups excluding carboxylic acids is 1. The molecule has 0 saturated carbocycles. The quantitative estimate of drug-likeness (QED) is 0.800. The molecule has 7 heteroatoms. The van der Waals surface area contributed by atoms with Crippen LogP contribution in [0.5, 0.6) is 0 Å². The third-order valence-corrected chi connectivity index (χ3v) is 1.55. The van der Waals surface area contributed by atoms with Crippen molar-refractivity contribution in [1.82, 2.24) is 10.3 Å². The Kier molecular flexibility index (Phi) is 4.24. The lowest BCUT2D eigenvalue weighted by molar-refractivity contribution is -0.323. The number of rotatable bonds is 4. The van der Waals surface area contributed by atoms with E-state index >= 15 is 0 Å². The summed E-state index contributed by atoms with van der Waals surface area (Å²) >= 11 is 0. The molecular weight excluding hydrogens is 225 g/mol. The highest BCUT2D eigenvalue weighted by molar-refractivity contribution is 5.92. The predicted octanol–water partition coefficient (Wildman–Crippen LogP) is 1.35. The van der Waals surface area contributed by atoms with Crippen LogP contribution in [-0.2, 0) is 4.74 Å². The Labute approximate surface area is 89.4 Å². The monoisotopic (exact) mass is 234 g/mol. The van der Waals surface area contributed by atoms with Crippen molar-refractivity contribution >= 4 is 5.91 Å². The molecule has 0 aliphatic carbocycles. The first-order valence-electron chi connectivity index (χ1n) is 4.39. The first kappa shape index (κ1) is 12.4. The van der Waals surface area contributed by atoms with Crippen LogP contribution in [0, 0.1) is 0 Å². The summed E-state index contributed by atoms with van der Waals surface area (Å²) in [6.07, 6.45) is -3.25. The third-order valence-electron chi connectivity index (χ3n) is 1.55. The minimum atomic E-state index is -4.67. The topological polar surface area (TPSA) is 51.2 Å². The normalized spacial score (nSPS) is 11.2. The molecule has 1 aromatic heterocycles. The molecule has 4 nitrogen and oxygen atoms in total. The van der Waals surface area contributed by atoms with Gasteiger partial charge in [0.15, 0.2) is 0 Å². The molecule has 0 radical (unpaired) electrons. The summed E-state index contributed by atoms with van der Waals surface area (Å²) in [4.78, 5) is 15.0. The molecule has 1 aromatic rings. The average molecular weight is 234 g/mol. The molecule has 0 saturated heterocycles. The molecular formula is C9H9F3N2O2. The minimum Gasteiger partial charge on any atom is -0.348 e. The Morgan fingerprint density at radius 1 is 1.44 bits per heavy atom. The maximum absolute atomic E-state index is 11.6. The van der Waals surface area contributed by atoms with E-state index < -0.39 is 18.9 Å². The van der Waals surface area contributed by atoms with Crippen molar-refractivity contribution in [2.24, 2.45) is 0 Å². The van der Waals surface area contributed by atoms with Crippen molar-refractivity contribution in [3.63, 3.8) is 0 Å². The number of nitrogens with one attached hydrogen (secondary N) is 1. The van der Waals surface area contributed by atoms with E-state index in [-0.39, 0.29) is 12.2 Å². The maximum Gasteiger partial charge on any atom is 0.522 e. The molecule has 1 amide bonds. The van der Waals surface area contributed by atoms with Crippen LogP contribution in [0.15, 0.2) is 24.4 Å². The first-order valence-corrected chi connectivity index (χ1v) is 4.39. The third kappa shape index (κ3) is 4.74. The molecule has 0 spiro atoms. The van der Waals surface area contributed by atoms with Gasteiger partial charge in [-0.05, 0) is 12.1 Å². The number of amides is 1. The van der Waals surface area contributed by atoms with Crippen LogP contribution >= 0.6 is 0 Å². The molecule has 0 aliphatic rings. The number of hydrogen-bond donors (Lipinski definition) is 1. The van der Waals surface area contributed by atoms with Gasteiger partial charge in [-0.3, -0.25) is 14.5 Å². The molecule has 0 unspecified atom stereocenters. The largest absolute Gasteiger partial charge is 0.522 e. The smallest absolute Gasteiger partial charge is 0.348 e. The van der Waals surface area contributed by atoms with Gasteiger partial charge in [-0.1, -0.05) is 6.07 Å². The average Bonchev–Trinajstić information content (AvgIpc) is 2.24. The van der Waals surface area contributed by atoms with Crippen molar-refractivity contribution < 1.29 is 22.7 Å². The highest BCUT2D eigenvalue weighted by Crippen LogP contribution is 2.15. The zero-order valence-corrected chi connectivity index (χ0v) is 8.12. The Morgan fingerprint density at radius 2 is 2.19 bits per heavy atom. The fourth-order valence-electron chi connectivity index (χ4n) is 0.919. The molecule has 0 bridgehead atoms. The number of pyridine rings is 1. The van der Waals surface area contributed by atoms with Gasteiger partial charge in [-0.15, -0.1) is 13.2 Å². The number of halogens is 3. The van der Waals surface area contributed by atoms with Gasteiger partial charge in [0.2, 0.25) is 0 Å². The van der Waals surface area contributed by atoms with Gasteiger partial charge in [0, 0.05) is 12.7 Å². The molecule has 0 atom stereocenters. The van der Waals surface area contributed by atoms with Crippen LogP contribution < -0.4 is 5.32 Å². The molecule has 1 N–H and O–H groups in total. The predicted molar refractivity (Wildman–Crippen MR) is 48.6 cm³/mol. The van der Waals surface area contributed by atoms with Crippen molar-refractivity contribution in [3.8, 4) is 0 Å². The lowest BCUT2D eigenvalue weighted by atomic mass is 10.3. The summed E-state index contributed by atoms with van der Waals surface area (Å²) in [6, 6.07) is 4.69. The second-order valence-electron chi connectivity index (χ2n) is 2.77. The van der Waals surface area contributed by atoms with Crippen molar-refractivity contribution in [3.05, 3.63) is 30.1 Å². The molecule has 16 heavy (non-hydrogen) atoms. The molecule has 1 heterocycles. The van der Waals surface area contributed by atoms with E-state index in [9.17, 15) is 18.0 Å². The number of hydrogen-bond acceptors (Lipinski definition) is 3. The van der Waals surface area contributed by atoms with Gasteiger partial charge in [0.25, 0.3) is 5.91 Å². The van der Waals surface area contributed by atoms with Crippen LogP contribution in [0.2, 0.25) is 0 Å². The number of ether oxygens (including phenoxy) is 1. The van der Waals surface area contributed by atoms with Gasteiger partial charge in [-0.25, -0.2) is 0 Å². The molecule has 0 fully saturated rings. The van der Waals surface area contributed by atoms with Gasteiger partial charge in [0.05, 0.1) is 6.61 Å². The second-order valence-corrected chi connectivity index (χ2v) is 2.77. The number of carbonyl (C=O) groups is 1. The zero-order chi connectivity index (χ0) is 12.0. The highest BCUT2D eigenvalue weighted by Gasteiger charge is 2.28. The fraction of sp³-hybridized carbons (Fsp3) is 0.333. The summed E-state index contributed by atoms with van der Waals surface area (Å²) < 4.78 is 38.1. The Bertz CT molecular complexity index is 340. The number of alkyl halides is 3. The van der Waals surface area contributed by atoms with E-state index in [0.29, 0.717) is 0 Å². The van der Waals surface area contributed by atoms with Gasteiger partial charge < -0.3 is 5.32 Å². The summed E-state index contributed by atoms with van der Waals surface area (Å²) in [5.41, 5.74) is 0.148. The first-order chi connectivity index (χ1) is 7.49. The minimum absolute atomic E-state index is 0.148. The van der Waals surface area contributed by atoms with Gasteiger partial charge >= 0.3 is 6.36 Å². The van der Waals surface area contributed by atoms with Crippen molar-refractivity contribution in [2.45, 2.75) is 6.36 Å². The molecule has 0 aliphatic heterocycles. The SMILES string of the molecule is O=C(NCCOC(F)(F)F)c1ccccn1. The summed E-state index contributed by atoms with van der Waals surface area (Å²) in [5, 5.41) is 2.25. The van der Waals surface area contributed by atoms with Crippen LogP contribution in [0.4, 0.5) is 13.2 Å². The van der Waals surface area contributed by atoms with E-state index in [1.807, 2.05) is 0 Å². The van der Waals surface area contributed by atoms with Crippen molar-refractivity contribution in [1.29, 1.82) is 0 Å². The molecule has 1 rings (SSSR count). The van der Waals surface area contributed by atoms with E-state index in [2.05, 4.69) is 15.0 Å². The number of aromatic nitrogens is 1. The lowest BCUT2D eigenvalue weighted by Crippen LogP contribution is -2.29. The number of nitrogens with zero attached hydrogens (tertiary/aromatic N) is 1. The molecule has 0 aromatic carbocycles. The fourth-order valence-corrected chi connectivity index (χ4v) is 0.919. The van der Waals surface area contributed by atoms with Gasteiger partial charge in [-0.2, -0.15) is 0 Å². The zero-order valence-electron chi connectivity index (χ0n) is 8.12. The molecule has 88 valence electrons. The van der Waals surface area contributed by atoms with E-state index in [1.54, 1.807) is 12.1 Å². The maximum atomic E-state index is 11.6. The Hall–Kier alpha value is -1.63. The highest BCUT2D eigenvalue weighted by atomic mass is 19.4. The van der Waals surface area contributed by atoms with Crippen LogP contribution in [0.25, 0.3) is 0 Å². The Balaban J connectivity index is 2.27. The van der Waals surface area contributed by atoms with Gasteiger partial charge in [0.1, 0.15) is 5.69 Å². The lowest BCUT2D eigenvalue weighted by Gasteiger charge is -2.07. The van der Waals surface area contributed by atoms with Crippen LogP contribution in [-0.4, -0.2) is 30.4 Å². The Morgan fingerprint density at radius 3 is 2.75 bits per heavy atom. The second kappa shape index (κ2) is 5.45. The van der Waals surface area contributed by atoms with E-state index in [1.165, 1.54) is 12.3 Å². The standard InChI is InChI=1S/C9H9F3N2O2/c10-9(11,12)16-6-5-14-8(15)7-3-1-2-4-13-7/h1-4H,5-6H2,(H,14,15). The summed E-state index contributed by atoms with van der Waals surface area (Å²) in [5.74, 6) is -0.536. The summed E-state index contributed by atoms with van der Waals surface area (Å²) in [7, 11) is 0.